The summed E-state index contributed by atoms with van der Waals surface area (Å²) in [6.07, 6.45) is 1.10. The Hall–Kier alpha value is -2.31. The first-order valence-electron chi connectivity index (χ1n) is 5.94. The molecule has 2 heterocycles. The standard InChI is InChI=1S/C14H11F2N3O/c15-9-2-4-12-8(5-9)6-13(20-12)14(19-17)11-3-1-10(16)7-18-11/h1-7,14,19H,17H2. The Morgan fingerprint density at radius 1 is 1.10 bits per heavy atom. The topological polar surface area (TPSA) is 64.1 Å². The minimum absolute atomic E-state index is 0.345. The van der Waals surface area contributed by atoms with Crippen LogP contribution in [0.2, 0.25) is 0 Å². The second-order valence-corrected chi connectivity index (χ2v) is 4.33. The second-order valence-electron chi connectivity index (χ2n) is 4.33. The van der Waals surface area contributed by atoms with E-state index in [1.165, 1.54) is 24.3 Å². The number of furan rings is 1. The molecule has 3 rings (SSSR count). The highest BCUT2D eigenvalue weighted by atomic mass is 19.1. The van der Waals surface area contributed by atoms with Gasteiger partial charge in [-0.15, -0.1) is 0 Å². The lowest BCUT2D eigenvalue weighted by Crippen LogP contribution is -2.29. The number of pyridine rings is 1. The van der Waals surface area contributed by atoms with Gasteiger partial charge in [-0.25, -0.2) is 14.2 Å². The molecule has 20 heavy (non-hydrogen) atoms. The van der Waals surface area contributed by atoms with Crippen molar-refractivity contribution in [3.8, 4) is 0 Å². The normalized spacial score (nSPS) is 12.8. The van der Waals surface area contributed by atoms with Crippen LogP contribution in [0.25, 0.3) is 11.0 Å². The van der Waals surface area contributed by atoms with Crippen molar-refractivity contribution in [2.75, 3.05) is 0 Å². The molecule has 1 unspecified atom stereocenters. The Morgan fingerprint density at radius 3 is 2.60 bits per heavy atom. The molecule has 0 aliphatic carbocycles. The monoisotopic (exact) mass is 275 g/mol. The van der Waals surface area contributed by atoms with Gasteiger partial charge in [0.2, 0.25) is 0 Å². The summed E-state index contributed by atoms with van der Waals surface area (Å²) in [4.78, 5) is 3.96. The number of hydrogen-bond acceptors (Lipinski definition) is 4. The number of hydrazine groups is 1. The fourth-order valence-corrected chi connectivity index (χ4v) is 2.05. The van der Waals surface area contributed by atoms with Crippen LogP contribution in [0.15, 0.2) is 47.0 Å². The molecule has 2 aromatic heterocycles. The zero-order valence-electron chi connectivity index (χ0n) is 10.3. The van der Waals surface area contributed by atoms with E-state index in [1.54, 1.807) is 12.1 Å². The number of nitrogens with zero attached hydrogens (tertiary/aromatic N) is 1. The predicted molar refractivity (Wildman–Crippen MR) is 69.5 cm³/mol. The van der Waals surface area contributed by atoms with Crippen LogP contribution in [0.4, 0.5) is 8.78 Å². The lowest BCUT2D eigenvalue weighted by atomic mass is 10.1. The fraction of sp³-hybridized carbons (Fsp3) is 0.0714. The summed E-state index contributed by atoms with van der Waals surface area (Å²) in [6.45, 7) is 0. The summed E-state index contributed by atoms with van der Waals surface area (Å²) >= 11 is 0. The molecule has 102 valence electrons. The molecule has 0 aliphatic heterocycles. The highest BCUT2D eigenvalue weighted by molar-refractivity contribution is 5.78. The summed E-state index contributed by atoms with van der Waals surface area (Å²) in [5, 5.41) is 0.627. The first-order valence-corrected chi connectivity index (χ1v) is 5.94. The fourth-order valence-electron chi connectivity index (χ4n) is 2.05. The minimum atomic E-state index is -0.536. The maximum Gasteiger partial charge on any atom is 0.141 e. The van der Waals surface area contributed by atoms with Crippen molar-refractivity contribution in [1.82, 2.24) is 10.4 Å². The Balaban J connectivity index is 2.04. The third kappa shape index (κ3) is 2.26. The van der Waals surface area contributed by atoms with Crippen LogP contribution >= 0.6 is 0 Å². The van der Waals surface area contributed by atoms with Crippen LogP contribution in [0.5, 0.6) is 0 Å². The number of fused-ring (bicyclic) bond motifs is 1. The number of nitrogens with one attached hydrogen (secondary N) is 1. The first kappa shape index (κ1) is 12.7. The van der Waals surface area contributed by atoms with Crippen molar-refractivity contribution in [2.45, 2.75) is 6.04 Å². The van der Waals surface area contributed by atoms with Gasteiger partial charge in [0.15, 0.2) is 0 Å². The Morgan fingerprint density at radius 2 is 1.90 bits per heavy atom. The highest BCUT2D eigenvalue weighted by Gasteiger charge is 2.18. The van der Waals surface area contributed by atoms with Gasteiger partial charge in [-0.1, -0.05) is 0 Å². The molecule has 4 nitrogen and oxygen atoms in total. The average Bonchev–Trinajstić information content (AvgIpc) is 2.84. The van der Waals surface area contributed by atoms with Gasteiger partial charge in [0, 0.05) is 5.39 Å². The lowest BCUT2D eigenvalue weighted by molar-refractivity contribution is 0.470. The molecule has 6 heteroatoms. The van der Waals surface area contributed by atoms with Gasteiger partial charge in [-0.3, -0.25) is 10.8 Å². The largest absolute Gasteiger partial charge is 0.459 e. The summed E-state index contributed by atoms with van der Waals surface area (Å²) in [5.74, 6) is 5.21. The van der Waals surface area contributed by atoms with Crippen molar-refractivity contribution in [3.05, 3.63) is 65.7 Å². The zero-order valence-corrected chi connectivity index (χ0v) is 10.3. The first-order chi connectivity index (χ1) is 9.67. The molecule has 0 amide bonds. The maximum absolute atomic E-state index is 13.2. The van der Waals surface area contributed by atoms with Gasteiger partial charge >= 0.3 is 0 Å². The van der Waals surface area contributed by atoms with Crippen molar-refractivity contribution in [3.63, 3.8) is 0 Å². The molecule has 0 saturated carbocycles. The smallest absolute Gasteiger partial charge is 0.141 e. The predicted octanol–water partition coefficient (Wildman–Crippen LogP) is 2.66. The van der Waals surface area contributed by atoms with Crippen molar-refractivity contribution in [2.24, 2.45) is 5.84 Å². The van der Waals surface area contributed by atoms with E-state index in [4.69, 9.17) is 10.3 Å². The third-order valence-electron chi connectivity index (χ3n) is 2.99. The van der Waals surface area contributed by atoms with E-state index >= 15 is 0 Å². The van der Waals surface area contributed by atoms with Crippen LogP contribution in [0.1, 0.15) is 17.5 Å². The molecule has 3 aromatic rings. The van der Waals surface area contributed by atoms with Crippen molar-refractivity contribution in [1.29, 1.82) is 0 Å². The number of aromatic nitrogens is 1. The van der Waals surface area contributed by atoms with Gasteiger partial charge in [-0.05, 0) is 36.4 Å². The molecule has 0 spiro atoms. The van der Waals surface area contributed by atoms with E-state index in [-0.39, 0.29) is 5.82 Å². The molecular formula is C14H11F2N3O. The number of benzene rings is 1. The van der Waals surface area contributed by atoms with Crippen LogP contribution in [0, 0.1) is 11.6 Å². The second kappa shape index (κ2) is 4.99. The third-order valence-corrected chi connectivity index (χ3v) is 2.99. The van der Waals surface area contributed by atoms with Crippen LogP contribution in [0.3, 0.4) is 0 Å². The summed E-state index contributed by atoms with van der Waals surface area (Å²) in [5.41, 5.74) is 3.61. The molecule has 0 fully saturated rings. The molecule has 1 aromatic carbocycles. The molecular weight excluding hydrogens is 264 g/mol. The average molecular weight is 275 g/mol. The zero-order chi connectivity index (χ0) is 14.1. The van der Waals surface area contributed by atoms with Gasteiger partial charge in [0.1, 0.15) is 29.0 Å². The Kier molecular flexibility index (Phi) is 3.17. The van der Waals surface area contributed by atoms with E-state index in [0.717, 1.165) is 6.20 Å². The number of hydrogen-bond donors (Lipinski definition) is 2. The lowest BCUT2D eigenvalue weighted by Gasteiger charge is -2.12. The SMILES string of the molecule is NNC(c1ccc(F)cn1)c1cc2cc(F)ccc2o1. The van der Waals surface area contributed by atoms with Crippen molar-refractivity contribution >= 4 is 11.0 Å². The molecule has 1 atom stereocenters. The summed E-state index contributed by atoms with van der Waals surface area (Å²) < 4.78 is 31.7. The van der Waals surface area contributed by atoms with Gasteiger partial charge < -0.3 is 4.42 Å². The van der Waals surface area contributed by atoms with Crippen LogP contribution < -0.4 is 11.3 Å². The summed E-state index contributed by atoms with van der Waals surface area (Å²) in [6, 6.07) is 8.16. The van der Waals surface area contributed by atoms with Gasteiger partial charge in [0.05, 0.1) is 11.9 Å². The number of nitrogens with two attached hydrogens (primary N) is 1. The summed E-state index contributed by atoms with van der Waals surface area (Å²) in [7, 11) is 0. The molecule has 3 N–H and O–H groups in total. The van der Waals surface area contributed by atoms with E-state index in [9.17, 15) is 8.78 Å². The van der Waals surface area contributed by atoms with Crippen LogP contribution in [-0.2, 0) is 0 Å². The Bertz CT molecular complexity index is 740. The number of halogens is 2. The maximum atomic E-state index is 13.2. The molecule has 0 aliphatic rings. The van der Waals surface area contributed by atoms with Crippen molar-refractivity contribution < 1.29 is 13.2 Å². The quantitative estimate of drug-likeness (QED) is 0.569. The van der Waals surface area contributed by atoms with Gasteiger partial charge in [-0.2, -0.15) is 0 Å². The van der Waals surface area contributed by atoms with Gasteiger partial charge in [0.25, 0.3) is 0 Å². The highest BCUT2D eigenvalue weighted by Crippen LogP contribution is 2.27. The molecule has 0 saturated heterocycles. The minimum Gasteiger partial charge on any atom is -0.459 e. The molecule has 0 bridgehead atoms. The van der Waals surface area contributed by atoms with E-state index in [1.807, 2.05) is 0 Å². The number of rotatable bonds is 3. The molecule has 0 radical (unpaired) electrons. The van der Waals surface area contributed by atoms with Crippen LogP contribution in [-0.4, -0.2) is 4.98 Å². The van der Waals surface area contributed by atoms with E-state index < -0.39 is 11.9 Å². The van der Waals surface area contributed by atoms with E-state index in [0.29, 0.717) is 22.4 Å². The van der Waals surface area contributed by atoms with E-state index in [2.05, 4.69) is 10.4 Å². The Labute approximate surface area is 113 Å².